The molecule has 0 spiro atoms. The number of hydrogen-bond acceptors (Lipinski definition) is 2. The molecular weight excluding hydrogens is 264 g/mol. The molecular formula is C14H21ClO2Si. The molecule has 1 rings (SSSR count). The molecule has 0 aliphatic carbocycles. The van der Waals surface area contributed by atoms with E-state index in [0.29, 0.717) is 0 Å². The molecule has 0 heterocycles. The summed E-state index contributed by atoms with van der Waals surface area (Å²) in [4.78, 5) is 11.6. The summed E-state index contributed by atoms with van der Waals surface area (Å²) in [5.74, 6) is 0. The predicted octanol–water partition coefficient (Wildman–Crippen LogP) is 4.51. The molecule has 0 fully saturated rings. The molecule has 0 saturated carbocycles. The van der Waals surface area contributed by atoms with Crippen molar-refractivity contribution in [3.63, 3.8) is 0 Å². The van der Waals surface area contributed by atoms with Gasteiger partial charge in [0.1, 0.15) is 6.10 Å². The van der Waals surface area contributed by atoms with Gasteiger partial charge in [-0.3, -0.25) is 4.79 Å². The lowest BCUT2D eigenvalue weighted by Crippen LogP contribution is -2.42. The van der Waals surface area contributed by atoms with Gasteiger partial charge in [0.05, 0.1) is 0 Å². The Labute approximate surface area is 115 Å². The molecule has 100 valence electrons. The molecule has 0 radical (unpaired) electrons. The van der Waals surface area contributed by atoms with Crippen LogP contribution in [0.15, 0.2) is 30.3 Å². The highest BCUT2D eigenvalue weighted by molar-refractivity contribution is 6.74. The lowest BCUT2D eigenvalue weighted by atomic mass is 10.1. The van der Waals surface area contributed by atoms with Gasteiger partial charge in [0.2, 0.25) is 0 Å². The third kappa shape index (κ3) is 3.67. The van der Waals surface area contributed by atoms with Gasteiger partial charge in [-0.1, -0.05) is 51.1 Å². The lowest BCUT2D eigenvalue weighted by Gasteiger charge is -2.38. The van der Waals surface area contributed by atoms with Gasteiger partial charge in [0.25, 0.3) is 5.24 Å². The Hall–Kier alpha value is -0.643. The normalized spacial score (nSPS) is 14.3. The second-order valence-corrected chi connectivity index (χ2v) is 11.1. The molecule has 0 aliphatic rings. The molecule has 0 unspecified atom stereocenters. The number of carbonyl (C=O) groups excluding carboxylic acids is 1. The van der Waals surface area contributed by atoms with E-state index < -0.39 is 19.7 Å². The standard InChI is InChI=1S/C14H21ClO2Si/c1-14(2,3)18(4,5)17-12(13(15)16)11-9-7-6-8-10-11/h6-10,12H,1-5H3/t12-/m0/s1. The first kappa shape index (κ1) is 15.4. The Morgan fingerprint density at radius 1 is 1.22 bits per heavy atom. The number of rotatable bonds is 4. The summed E-state index contributed by atoms with van der Waals surface area (Å²) < 4.78 is 6.11. The maximum atomic E-state index is 11.6. The maximum absolute atomic E-state index is 11.6. The summed E-state index contributed by atoms with van der Waals surface area (Å²) in [5.41, 5.74) is 0.822. The molecule has 2 nitrogen and oxygen atoms in total. The van der Waals surface area contributed by atoms with E-state index in [1.54, 1.807) is 0 Å². The maximum Gasteiger partial charge on any atom is 0.253 e. The predicted molar refractivity (Wildman–Crippen MR) is 78.3 cm³/mol. The van der Waals surface area contributed by atoms with Crippen LogP contribution in [0.25, 0.3) is 0 Å². The zero-order chi connectivity index (χ0) is 14.0. The van der Waals surface area contributed by atoms with E-state index in [-0.39, 0.29) is 5.04 Å². The van der Waals surface area contributed by atoms with E-state index in [1.165, 1.54) is 0 Å². The van der Waals surface area contributed by atoms with E-state index in [9.17, 15) is 4.79 Å². The van der Waals surface area contributed by atoms with Gasteiger partial charge >= 0.3 is 0 Å². The number of benzene rings is 1. The summed E-state index contributed by atoms with van der Waals surface area (Å²) >= 11 is 5.69. The molecule has 1 aromatic carbocycles. The summed E-state index contributed by atoms with van der Waals surface area (Å²) in [7, 11) is -2.02. The van der Waals surface area contributed by atoms with E-state index in [4.69, 9.17) is 16.0 Å². The fourth-order valence-corrected chi connectivity index (χ4v) is 2.78. The Balaban J connectivity index is 3.00. The average Bonchev–Trinajstić information content (AvgIpc) is 2.25. The van der Waals surface area contributed by atoms with Gasteiger partial charge in [-0.25, -0.2) is 0 Å². The fraction of sp³-hybridized carbons (Fsp3) is 0.500. The molecule has 0 aromatic heterocycles. The quantitative estimate of drug-likeness (QED) is 0.600. The summed E-state index contributed by atoms with van der Waals surface area (Å²) in [5, 5.41) is -0.405. The zero-order valence-corrected chi connectivity index (χ0v) is 13.4. The first-order chi connectivity index (χ1) is 8.15. The van der Waals surface area contributed by atoms with Crippen molar-refractivity contribution < 1.29 is 9.22 Å². The smallest absolute Gasteiger partial charge is 0.253 e. The van der Waals surface area contributed by atoms with Crippen LogP contribution in [0.4, 0.5) is 0 Å². The van der Waals surface area contributed by atoms with Crippen molar-refractivity contribution in [3.05, 3.63) is 35.9 Å². The first-order valence-electron chi connectivity index (χ1n) is 6.07. The average molecular weight is 285 g/mol. The number of carbonyl (C=O) groups is 1. The minimum absolute atomic E-state index is 0.0480. The van der Waals surface area contributed by atoms with Gasteiger partial charge in [-0.2, -0.15) is 0 Å². The van der Waals surface area contributed by atoms with Crippen LogP contribution in [0.5, 0.6) is 0 Å². The van der Waals surface area contributed by atoms with Crippen molar-refractivity contribution in [1.82, 2.24) is 0 Å². The summed E-state index contributed by atoms with van der Waals surface area (Å²) in [6.45, 7) is 10.6. The fourth-order valence-electron chi connectivity index (χ4n) is 1.34. The molecule has 18 heavy (non-hydrogen) atoms. The Bertz CT molecular complexity index is 410. The Morgan fingerprint density at radius 3 is 2.11 bits per heavy atom. The van der Waals surface area contributed by atoms with Crippen molar-refractivity contribution in [1.29, 1.82) is 0 Å². The Kier molecular flexibility index (Phi) is 4.76. The minimum atomic E-state index is -2.02. The second kappa shape index (κ2) is 5.55. The van der Waals surface area contributed by atoms with E-state index in [1.807, 2.05) is 30.3 Å². The van der Waals surface area contributed by atoms with Gasteiger partial charge < -0.3 is 4.43 Å². The molecule has 0 bridgehead atoms. The zero-order valence-electron chi connectivity index (χ0n) is 11.7. The van der Waals surface area contributed by atoms with Crippen LogP contribution in [-0.2, 0) is 9.22 Å². The first-order valence-corrected chi connectivity index (χ1v) is 9.36. The lowest BCUT2D eigenvalue weighted by molar-refractivity contribution is -0.118. The third-order valence-electron chi connectivity index (χ3n) is 3.53. The molecule has 0 amide bonds. The molecule has 0 aliphatic heterocycles. The van der Waals surface area contributed by atoms with Crippen molar-refractivity contribution >= 4 is 25.2 Å². The van der Waals surface area contributed by atoms with Crippen molar-refractivity contribution in [2.45, 2.75) is 45.0 Å². The molecule has 0 N–H and O–H groups in total. The van der Waals surface area contributed by atoms with E-state index in [2.05, 4.69) is 33.9 Å². The van der Waals surface area contributed by atoms with Crippen LogP contribution in [-0.4, -0.2) is 13.6 Å². The van der Waals surface area contributed by atoms with Crippen molar-refractivity contribution in [2.24, 2.45) is 0 Å². The van der Waals surface area contributed by atoms with E-state index >= 15 is 0 Å². The van der Waals surface area contributed by atoms with Crippen molar-refractivity contribution in [2.75, 3.05) is 0 Å². The Morgan fingerprint density at radius 2 is 1.72 bits per heavy atom. The van der Waals surface area contributed by atoms with Crippen LogP contribution in [0, 0.1) is 0 Å². The second-order valence-electron chi connectivity index (χ2n) is 5.97. The van der Waals surface area contributed by atoms with Gasteiger partial charge in [-0.15, -0.1) is 0 Å². The van der Waals surface area contributed by atoms with Gasteiger partial charge in [0.15, 0.2) is 8.32 Å². The molecule has 0 saturated heterocycles. The summed E-state index contributed by atoms with van der Waals surface area (Å²) in [6, 6.07) is 9.43. The van der Waals surface area contributed by atoms with Crippen LogP contribution in [0.1, 0.15) is 32.4 Å². The highest BCUT2D eigenvalue weighted by Crippen LogP contribution is 2.40. The summed E-state index contributed by atoms with van der Waals surface area (Å²) in [6.07, 6.45) is -0.659. The van der Waals surface area contributed by atoms with Crippen LogP contribution in [0.2, 0.25) is 18.1 Å². The van der Waals surface area contributed by atoms with Crippen LogP contribution < -0.4 is 0 Å². The van der Waals surface area contributed by atoms with Crippen LogP contribution >= 0.6 is 11.6 Å². The van der Waals surface area contributed by atoms with Crippen LogP contribution in [0.3, 0.4) is 0 Å². The highest BCUT2D eigenvalue weighted by atomic mass is 35.5. The van der Waals surface area contributed by atoms with Gasteiger partial charge in [0, 0.05) is 0 Å². The number of halogens is 1. The third-order valence-corrected chi connectivity index (χ3v) is 8.16. The molecule has 1 atom stereocenters. The minimum Gasteiger partial charge on any atom is -0.402 e. The topological polar surface area (TPSA) is 26.3 Å². The molecule has 1 aromatic rings. The SMILES string of the molecule is CC(C)(C)[Si](C)(C)O[C@H](C(=O)Cl)c1ccccc1. The van der Waals surface area contributed by atoms with Gasteiger partial charge in [-0.05, 0) is 35.3 Å². The highest BCUT2D eigenvalue weighted by Gasteiger charge is 2.40. The largest absolute Gasteiger partial charge is 0.402 e. The number of hydrogen-bond donors (Lipinski definition) is 0. The van der Waals surface area contributed by atoms with E-state index in [0.717, 1.165) is 5.56 Å². The molecule has 4 heteroatoms. The monoisotopic (exact) mass is 284 g/mol. The van der Waals surface area contributed by atoms with Crippen molar-refractivity contribution in [3.8, 4) is 0 Å².